The van der Waals surface area contributed by atoms with E-state index >= 15 is 0 Å². The van der Waals surface area contributed by atoms with Crippen LogP contribution < -0.4 is 10.6 Å². The maximum absolute atomic E-state index is 13.2. The SMILES string of the molecule is CC1CCc2c(sc(NC(=O)/C=C/c3ccccc3Cl)c2C(=O)NCCOC(=O)/C=C/c2ccccc2Cl)C1. The van der Waals surface area contributed by atoms with Crippen LogP contribution in [0.2, 0.25) is 10.0 Å². The number of esters is 1. The number of benzene rings is 2. The number of anilines is 1. The maximum Gasteiger partial charge on any atom is 0.330 e. The van der Waals surface area contributed by atoms with Gasteiger partial charge in [0.2, 0.25) is 5.91 Å². The van der Waals surface area contributed by atoms with Crippen LogP contribution in [0.4, 0.5) is 5.00 Å². The van der Waals surface area contributed by atoms with Crippen molar-refractivity contribution in [3.05, 3.63) is 97.9 Å². The molecule has 4 rings (SSSR count). The summed E-state index contributed by atoms with van der Waals surface area (Å²) in [4.78, 5) is 39.1. The van der Waals surface area contributed by atoms with Crippen LogP contribution in [-0.2, 0) is 27.2 Å². The second-order valence-corrected chi connectivity index (χ2v) is 11.1. The molecule has 0 fully saturated rings. The Bertz CT molecular complexity index is 1430. The molecule has 1 aliphatic carbocycles. The predicted molar refractivity (Wildman–Crippen MR) is 158 cm³/mol. The van der Waals surface area contributed by atoms with E-state index in [1.807, 2.05) is 24.3 Å². The maximum atomic E-state index is 13.2. The molecule has 1 heterocycles. The third kappa shape index (κ3) is 7.82. The fourth-order valence-corrected chi connectivity index (χ4v) is 6.04. The summed E-state index contributed by atoms with van der Waals surface area (Å²) in [6.07, 6.45) is 8.52. The van der Waals surface area contributed by atoms with Gasteiger partial charge < -0.3 is 15.4 Å². The molecule has 3 aromatic rings. The van der Waals surface area contributed by atoms with E-state index in [1.165, 1.54) is 23.5 Å². The second kappa shape index (κ2) is 13.6. The fraction of sp³-hybridized carbons (Fsp3) is 0.233. The van der Waals surface area contributed by atoms with Crippen molar-refractivity contribution in [2.45, 2.75) is 26.2 Å². The summed E-state index contributed by atoms with van der Waals surface area (Å²) >= 11 is 13.7. The van der Waals surface area contributed by atoms with Crippen LogP contribution in [0, 0.1) is 5.92 Å². The molecule has 0 spiro atoms. The molecule has 0 aliphatic heterocycles. The Balaban J connectivity index is 1.38. The lowest BCUT2D eigenvalue weighted by atomic mass is 9.88. The van der Waals surface area contributed by atoms with Gasteiger partial charge in [0.1, 0.15) is 11.6 Å². The molecule has 0 radical (unpaired) electrons. The molecule has 1 atom stereocenters. The highest BCUT2D eigenvalue weighted by Crippen LogP contribution is 2.39. The van der Waals surface area contributed by atoms with Crippen molar-refractivity contribution in [1.82, 2.24) is 5.32 Å². The number of ether oxygens (including phenoxy) is 1. The van der Waals surface area contributed by atoms with Gasteiger partial charge in [-0.25, -0.2) is 4.79 Å². The highest BCUT2D eigenvalue weighted by Gasteiger charge is 2.28. The van der Waals surface area contributed by atoms with Crippen LogP contribution in [0.25, 0.3) is 12.2 Å². The van der Waals surface area contributed by atoms with E-state index in [1.54, 1.807) is 36.4 Å². The summed E-state index contributed by atoms with van der Waals surface area (Å²) in [6.45, 7) is 2.32. The Morgan fingerprint density at radius 2 is 1.64 bits per heavy atom. The molecule has 2 aromatic carbocycles. The molecule has 9 heteroatoms. The molecule has 2 amide bonds. The lowest BCUT2D eigenvalue weighted by Gasteiger charge is -2.18. The monoisotopic (exact) mass is 582 g/mol. The van der Waals surface area contributed by atoms with E-state index in [-0.39, 0.29) is 25.0 Å². The smallest absolute Gasteiger partial charge is 0.330 e. The van der Waals surface area contributed by atoms with Gasteiger partial charge in [-0.3, -0.25) is 9.59 Å². The molecule has 0 saturated heterocycles. The average molecular weight is 584 g/mol. The van der Waals surface area contributed by atoms with Gasteiger partial charge in [-0.15, -0.1) is 11.3 Å². The van der Waals surface area contributed by atoms with E-state index < -0.39 is 5.97 Å². The van der Waals surface area contributed by atoms with Crippen molar-refractivity contribution >= 4 is 69.5 Å². The van der Waals surface area contributed by atoms with Gasteiger partial charge >= 0.3 is 5.97 Å². The first-order valence-electron chi connectivity index (χ1n) is 12.6. The van der Waals surface area contributed by atoms with Crippen LogP contribution in [0.1, 0.15) is 45.3 Å². The molecular weight excluding hydrogens is 555 g/mol. The first-order valence-corrected chi connectivity index (χ1v) is 14.1. The summed E-state index contributed by atoms with van der Waals surface area (Å²) in [7, 11) is 0. The zero-order valence-corrected chi connectivity index (χ0v) is 23.7. The summed E-state index contributed by atoms with van der Waals surface area (Å²) in [5.41, 5.74) is 2.88. The number of carbonyl (C=O) groups excluding carboxylic acids is 3. The Morgan fingerprint density at radius 3 is 2.31 bits per heavy atom. The Morgan fingerprint density at radius 1 is 1.00 bits per heavy atom. The normalized spacial score (nSPS) is 14.8. The van der Waals surface area contributed by atoms with E-state index in [4.69, 9.17) is 27.9 Å². The van der Waals surface area contributed by atoms with Gasteiger partial charge in [-0.05, 0) is 66.2 Å². The van der Waals surface area contributed by atoms with Crippen molar-refractivity contribution in [2.75, 3.05) is 18.5 Å². The second-order valence-electron chi connectivity index (χ2n) is 9.18. The van der Waals surface area contributed by atoms with E-state index in [2.05, 4.69) is 17.6 Å². The van der Waals surface area contributed by atoms with Gasteiger partial charge in [0.25, 0.3) is 5.91 Å². The molecule has 1 aromatic heterocycles. The van der Waals surface area contributed by atoms with Gasteiger partial charge in [0, 0.05) is 27.1 Å². The molecule has 1 aliphatic rings. The molecule has 6 nitrogen and oxygen atoms in total. The van der Waals surface area contributed by atoms with Gasteiger partial charge in [0.15, 0.2) is 0 Å². The summed E-state index contributed by atoms with van der Waals surface area (Å²) in [5.74, 6) is -0.691. The van der Waals surface area contributed by atoms with Crippen LogP contribution in [-0.4, -0.2) is 30.9 Å². The largest absolute Gasteiger partial charge is 0.461 e. The van der Waals surface area contributed by atoms with Crippen molar-refractivity contribution in [2.24, 2.45) is 5.92 Å². The minimum atomic E-state index is -0.538. The first-order chi connectivity index (χ1) is 18.8. The number of hydrogen-bond acceptors (Lipinski definition) is 5. The van der Waals surface area contributed by atoms with Gasteiger partial charge in [0.05, 0.1) is 12.1 Å². The van der Waals surface area contributed by atoms with E-state index in [0.717, 1.165) is 35.3 Å². The molecular formula is C30H28Cl2N2O4S. The molecule has 39 heavy (non-hydrogen) atoms. The quantitative estimate of drug-likeness (QED) is 0.165. The highest BCUT2D eigenvalue weighted by molar-refractivity contribution is 7.17. The zero-order chi connectivity index (χ0) is 27.8. The molecule has 0 bridgehead atoms. The number of halogens is 2. The predicted octanol–water partition coefficient (Wildman–Crippen LogP) is 6.82. The third-order valence-corrected chi connectivity index (χ3v) is 8.09. The number of amides is 2. The van der Waals surface area contributed by atoms with E-state index in [9.17, 15) is 14.4 Å². The minimum absolute atomic E-state index is 0.00304. The number of thiophene rings is 1. The number of hydrogen-bond donors (Lipinski definition) is 2. The zero-order valence-electron chi connectivity index (χ0n) is 21.3. The van der Waals surface area contributed by atoms with Crippen LogP contribution in [0.15, 0.2) is 60.7 Å². The Kier molecular flexibility index (Phi) is 9.98. The molecule has 202 valence electrons. The Labute approximate surface area is 241 Å². The lowest BCUT2D eigenvalue weighted by molar-refractivity contribution is -0.137. The first kappa shape index (κ1) is 28.6. The van der Waals surface area contributed by atoms with Crippen LogP contribution >= 0.6 is 34.5 Å². The molecule has 2 N–H and O–H groups in total. The van der Waals surface area contributed by atoms with Crippen LogP contribution in [0.3, 0.4) is 0 Å². The third-order valence-electron chi connectivity index (χ3n) is 6.23. The highest BCUT2D eigenvalue weighted by atomic mass is 35.5. The summed E-state index contributed by atoms with van der Waals surface area (Å²) in [6, 6.07) is 14.4. The molecule has 0 saturated carbocycles. The number of rotatable bonds is 9. The summed E-state index contributed by atoms with van der Waals surface area (Å²) in [5, 5.41) is 7.29. The summed E-state index contributed by atoms with van der Waals surface area (Å²) < 4.78 is 5.21. The standard InChI is InChI=1S/C30H28Cl2N2O4S/c1-19-10-13-22-25(18-19)39-30(34-26(35)14-11-20-6-2-4-8-23(20)31)28(22)29(37)33-16-17-38-27(36)15-12-21-7-3-5-9-24(21)32/h2-9,11-12,14-15,19H,10,13,16-18H2,1H3,(H,33,37)(H,34,35)/b14-11+,15-12+. The lowest BCUT2D eigenvalue weighted by Crippen LogP contribution is -2.29. The number of nitrogens with one attached hydrogen (secondary N) is 2. The number of carbonyl (C=O) groups is 3. The van der Waals surface area contributed by atoms with Crippen molar-refractivity contribution < 1.29 is 19.1 Å². The van der Waals surface area contributed by atoms with Crippen molar-refractivity contribution in [1.29, 1.82) is 0 Å². The van der Waals surface area contributed by atoms with Crippen LogP contribution in [0.5, 0.6) is 0 Å². The molecule has 1 unspecified atom stereocenters. The van der Waals surface area contributed by atoms with E-state index in [0.29, 0.717) is 32.1 Å². The minimum Gasteiger partial charge on any atom is -0.461 e. The average Bonchev–Trinajstić information content (AvgIpc) is 3.26. The fourth-order valence-electron chi connectivity index (χ4n) is 4.23. The topological polar surface area (TPSA) is 84.5 Å². The number of fused-ring (bicyclic) bond motifs is 1. The van der Waals surface area contributed by atoms with Crippen molar-refractivity contribution in [3.63, 3.8) is 0 Å². The van der Waals surface area contributed by atoms with Gasteiger partial charge in [-0.1, -0.05) is 66.5 Å². The van der Waals surface area contributed by atoms with Crippen molar-refractivity contribution in [3.8, 4) is 0 Å². The Hall–Kier alpha value is -3.39. The van der Waals surface area contributed by atoms with Gasteiger partial charge in [-0.2, -0.15) is 0 Å².